The van der Waals surface area contributed by atoms with Crippen LogP contribution in [-0.4, -0.2) is 5.11 Å². The van der Waals surface area contributed by atoms with Gasteiger partial charge in [-0.25, -0.2) is 0 Å². The maximum absolute atomic E-state index is 9.49. The van der Waals surface area contributed by atoms with Crippen LogP contribution in [0.1, 0.15) is 55.8 Å². The van der Waals surface area contributed by atoms with Gasteiger partial charge in [-0.15, -0.1) is 0 Å². The average Bonchev–Trinajstić information content (AvgIpc) is 2.71. The summed E-state index contributed by atoms with van der Waals surface area (Å²) in [7, 11) is 0. The predicted octanol–water partition coefficient (Wildman–Crippen LogP) is 3.40. The van der Waals surface area contributed by atoms with Crippen LogP contribution in [0.3, 0.4) is 0 Å². The highest BCUT2D eigenvalue weighted by molar-refractivity contribution is 5.28. The fourth-order valence-corrected chi connectivity index (χ4v) is 2.33. The van der Waals surface area contributed by atoms with Crippen LogP contribution in [-0.2, 0) is 0 Å². The first-order valence-corrected chi connectivity index (χ1v) is 5.55. The van der Waals surface area contributed by atoms with Crippen LogP contribution in [0.4, 0.5) is 0 Å². The molecular weight excluding hydrogens is 172 g/mol. The molecule has 1 aliphatic rings. The number of benzene rings is 1. The van der Waals surface area contributed by atoms with Crippen molar-refractivity contribution in [3.05, 3.63) is 35.4 Å². The lowest BCUT2D eigenvalue weighted by Gasteiger charge is -2.12. The summed E-state index contributed by atoms with van der Waals surface area (Å²) in [6.07, 6.45) is 5.04. The van der Waals surface area contributed by atoms with Gasteiger partial charge in [0, 0.05) is 0 Å². The summed E-state index contributed by atoms with van der Waals surface area (Å²) in [6, 6.07) is 8.43. The molecule has 0 heterocycles. The van der Waals surface area contributed by atoms with E-state index in [2.05, 4.69) is 18.2 Å². The molecule has 1 heteroatoms. The van der Waals surface area contributed by atoms with Gasteiger partial charge < -0.3 is 5.11 Å². The number of rotatable bonds is 2. The standard InChI is InChI=1S/C13H18O/c1-10(14)12-7-4-8-13(9-12)11-5-2-3-6-11/h4,7-11,14H,2-3,5-6H2,1H3. The van der Waals surface area contributed by atoms with Gasteiger partial charge in [-0.3, -0.25) is 0 Å². The highest BCUT2D eigenvalue weighted by Gasteiger charge is 2.17. The molecule has 0 aliphatic heterocycles. The lowest BCUT2D eigenvalue weighted by molar-refractivity contribution is 0.199. The largest absolute Gasteiger partial charge is 0.389 e. The molecule has 0 aromatic heterocycles. The second-order valence-corrected chi connectivity index (χ2v) is 4.33. The molecule has 1 N–H and O–H groups in total. The zero-order valence-electron chi connectivity index (χ0n) is 8.74. The van der Waals surface area contributed by atoms with Crippen molar-refractivity contribution in [3.8, 4) is 0 Å². The molecule has 0 saturated heterocycles. The monoisotopic (exact) mass is 190 g/mol. The van der Waals surface area contributed by atoms with E-state index in [1.807, 2.05) is 13.0 Å². The zero-order valence-corrected chi connectivity index (χ0v) is 8.74. The van der Waals surface area contributed by atoms with Gasteiger partial charge in [-0.2, -0.15) is 0 Å². The fourth-order valence-electron chi connectivity index (χ4n) is 2.33. The Bertz CT molecular complexity index is 298. The second kappa shape index (κ2) is 4.14. The maximum atomic E-state index is 9.49. The highest BCUT2D eigenvalue weighted by Crippen LogP contribution is 2.34. The Balaban J connectivity index is 2.21. The molecule has 1 aromatic rings. The van der Waals surface area contributed by atoms with Gasteiger partial charge >= 0.3 is 0 Å². The van der Waals surface area contributed by atoms with Crippen LogP contribution >= 0.6 is 0 Å². The highest BCUT2D eigenvalue weighted by atomic mass is 16.3. The third kappa shape index (κ3) is 1.98. The zero-order chi connectivity index (χ0) is 9.97. The number of hydrogen-bond acceptors (Lipinski definition) is 1. The Morgan fingerprint density at radius 2 is 2.00 bits per heavy atom. The Morgan fingerprint density at radius 3 is 2.64 bits per heavy atom. The molecule has 1 atom stereocenters. The predicted molar refractivity (Wildman–Crippen MR) is 58.3 cm³/mol. The van der Waals surface area contributed by atoms with Crippen molar-refractivity contribution in [2.24, 2.45) is 0 Å². The summed E-state index contributed by atoms with van der Waals surface area (Å²) < 4.78 is 0. The molecule has 0 bridgehead atoms. The van der Waals surface area contributed by atoms with Crippen molar-refractivity contribution >= 4 is 0 Å². The Morgan fingerprint density at radius 1 is 1.29 bits per heavy atom. The van der Waals surface area contributed by atoms with E-state index in [0.29, 0.717) is 0 Å². The molecule has 0 amide bonds. The van der Waals surface area contributed by atoms with Crippen LogP contribution in [0.2, 0.25) is 0 Å². The smallest absolute Gasteiger partial charge is 0.0762 e. The van der Waals surface area contributed by atoms with Gasteiger partial charge in [-0.05, 0) is 36.8 Å². The summed E-state index contributed by atoms with van der Waals surface area (Å²) in [5, 5.41) is 9.49. The maximum Gasteiger partial charge on any atom is 0.0762 e. The summed E-state index contributed by atoms with van der Waals surface area (Å²) in [6.45, 7) is 1.83. The Kier molecular flexibility index (Phi) is 2.87. The molecule has 0 spiro atoms. The van der Waals surface area contributed by atoms with Gasteiger partial charge in [0.05, 0.1) is 6.10 Å². The van der Waals surface area contributed by atoms with E-state index in [1.165, 1.54) is 31.2 Å². The van der Waals surface area contributed by atoms with Crippen LogP contribution in [0.5, 0.6) is 0 Å². The topological polar surface area (TPSA) is 20.2 Å². The molecule has 76 valence electrons. The Labute approximate surface area is 85.8 Å². The summed E-state index contributed by atoms with van der Waals surface area (Å²) in [4.78, 5) is 0. The molecular formula is C13H18O. The molecule has 14 heavy (non-hydrogen) atoms. The van der Waals surface area contributed by atoms with Crippen LogP contribution < -0.4 is 0 Å². The second-order valence-electron chi connectivity index (χ2n) is 4.33. The number of hydrogen-bond donors (Lipinski definition) is 1. The van der Waals surface area contributed by atoms with Gasteiger partial charge in [0.1, 0.15) is 0 Å². The van der Waals surface area contributed by atoms with Crippen molar-refractivity contribution < 1.29 is 5.11 Å². The third-order valence-electron chi connectivity index (χ3n) is 3.22. The molecule has 1 unspecified atom stereocenters. The lowest BCUT2D eigenvalue weighted by Crippen LogP contribution is -1.96. The first kappa shape index (κ1) is 9.72. The fraction of sp³-hybridized carbons (Fsp3) is 0.538. The van der Waals surface area contributed by atoms with E-state index >= 15 is 0 Å². The number of aliphatic hydroxyl groups is 1. The first-order chi connectivity index (χ1) is 6.77. The van der Waals surface area contributed by atoms with Gasteiger partial charge in [0.2, 0.25) is 0 Å². The van der Waals surface area contributed by atoms with E-state index in [9.17, 15) is 5.11 Å². The van der Waals surface area contributed by atoms with E-state index in [1.54, 1.807) is 0 Å². The summed E-state index contributed by atoms with van der Waals surface area (Å²) >= 11 is 0. The van der Waals surface area contributed by atoms with Crippen LogP contribution in [0, 0.1) is 0 Å². The van der Waals surface area contributed by atoms with E-state index in [0.717, 1.165) is 11.5 Å². The molecule has 1 aliphatic carbocycles. The van der Waals surface area contributed by atoms with E-state index in [4.69, 9.17) is 0 Å². The minimum atomic E-state index is -0.337. The van der Waals surface area contributed by atoms with Crippen molar-refractivity contribution in [1.82, 2.24) is 0 Å². The molecule has 0 radical (unpaired) electrons. The van der Waals surface area contributed by atoms with E-state index in [-0.39, 0.29) is 6.10 Å². The Hall–Kier alpha value is -0.820. The molecule has 1 fully saturated rings. The lowest BCUT2D eigenvalue weighted by atomic mass is 9.95. The van der Waals surface area contributed by atoms with Gasteiger partial charge in [0.25, 0.3) is 0 Å². The number of aliphatic hydroxyl groups excluding tert-OH is 1. The van der Waals surface area contributed by atoms with Crippen molar-refractivity contribution in [3.63, 3.8) is 0 Å². The average molecular weight is 190 g/mol. The van der Waals surface area contributed by atoms with Crippen LogP contribution in [0.25, 0.3) is 0 Å². The third-order valence-corrected chi connectivity index (χ3v) is 3.22. The van der Waals surface area contributed by atoms with Crippen molar-refractivity contribution in [2.75, 3.05) is 0 Å². The minimum Gasteiger partial charge on any atom is -0.389 e. The minimum absolute atomic E-state index is 0.337. The molecule has 2 rings (SSSR count). The van der Waals surface area contributed by atoms with Gasteiger partial charge in [-0.1, -0.05) is 37.1 Å². The van der Waals surface area contributed by atoms with Crippen molar-refractivity contribution in [1.29, 1.82) is 0 Å². The normalized spacial score (nSPS) is 19.9. The molecule has 1 aromatic carbocycles. The summed E-state index contributed by atoms with van der Waals surface area (Å²) in [5.74, 6) is 0.744. The van der Waals surface area contributed by atoms with Gasteiger partial charge in [0.15, 0.2) is 0 Å². The van der Waals surface area contributed by atoms with Crippen LogP contribution in [0.15, 0.2) is 24.3 Å². The quantitative estimate of drug-likeness (QED) is 0.757. The van der Waals surface area contributed by atoms with E-state index < -0.39 is 0 Å². The van der Waals surface area contributed by atoms with Crippen molar-refractivity contribution in [2.45, 2.75) is 44.6 Å². The summed E-state index contributed by atoms with van der Waals surface area (Å²) in [5.41, 5.74) is 2.47. The molecule has 1 nitrogen and oxygen atoms in total. The first-order valence-electron chi connectivity index (χ1n) is 5.55. The molecule has 1 saturated carbocycles. The SMILES string of the molecule is CC(O)c1cccc(C2CCCC2)c1.